The number of carbonyl (C=O) groups is 1. The second-order valence-corrected chi connectivity index (χ2v) is 10.1. The summed E-state index contributed by atoms with van der Waals surface area (Å²) in [6, 6.07) is 12.9. The van der Waals surface area contributed by atoms with Crippen molar-refractivity contribution < 1.29 is 28.1 Å². The number of hydrogen-bond donors (Lipinski definition) is 5. The third kappa shape index (κ3) is 9.46. The fourth-order valence-electron chi connectivity index (χ4n) is 3.91. The minimum absolute atomic E-state index is 0.0228. The molecule has 41 heavy (non-hydrogen) atoms. The molecule has 0 saturated heterocycles. The van der Waals surface area contributed by atoms with Crippen molar-refractivity contribution in [2.24, 2.45) is 0 Å². The molecule has 0 aliphatic carbocycles. The van der Waals surface area contributed by atoms with Gasteiger partial charge in [0, 0.05) is 47.9 Å². The van der Waals surface area contributed by atoms with Crippen LogP contribution in [0.4, 0.5) is 21.7 Å². The van der Waals surface area contributed by atoms with Crippen LogP contribution < -0.4 is 10.6 Å². The Morgan fingerprint density at radius 3 is 2.80 bits per heavy atom. The van der Waals surface area contributed by atoms with Gasteiger partial charge in [0.2, 0.25) is 5.91 Å². The number of likely N-dealkylation sites (N-methyl/N-ethyl adjacent to an activating group) is 1. The quantitative estimate of drug-likeness (QED) is 0.123. The number of aromatic nitrogens is 4. The summed E-state index contributed by atoms with van der Waals surface area (Å²) in [6.45, 7) is 3.63. The van der Waals surface area contributed by atoms with Crippen LogP contribution in [0.1, 0.15) is 24.6 Å². The molecule has 12 nitrogen and oxygen atoms in total. The standard InChI is InChI=1S/C27H29FN7O5P/c1-2-35(12-13-40-41(37,38)39)11-4-3-6-19-9-10-23-24(14-19)29-18-30-27(23)32-25-16-22(33-34-25)17-26(36)31-21-8-5-7-20(28)15-21/h5,7-10,14-16,18H,2,4,11-13,17H2,1H3,(H,31,36)(H2,37,38,39)(H2,29,30,32,33,34). The van der Waals surface area contributed by atoms with Gasteiger partial charge in [0.15, 0.2) is 5.82 Å². The Hall–Kier alpha value is -4.18. The van der Waals surface area contributed by atoms with Crippen molar-refractivity contribution in [3.63, 3.8) is 0 Å². The first kappa shape index (κ1) is 29.8. The molecule has 214 valence electrons. The van der Waals surface area contributed by atoms with Gasteiger partial charge >= 0.3 is 7.82 Å². The maximum absolute atomic E-state index is 13.3. The van der Waals surface area contributed by atoms with E-state index in [0.29, 0.717) is 54.6 Å². The lowest BCUT2D eigenvalue weighted by atomic mass is 10.1. The van der Waals surface area contributed by atoms with Crippen LogP contribution in [0.5, 0.6) is 0 Å². The third-order valence-corrected chi connectivity index (χ3v) is 6.39. The Bertz CT molecular complexity index is 1610. The molecule has 0 aliphatic heterocycles. The summed E-state index contributed by atoms with van der Waals surface area (Å²) >= 11 is 0. The molecule has 0 saturated carbocycles. The molecule has 0 fully saturated rings. The van der Waals surface area contributed by atoms with Crippen LogP contribution in [-0.4, -0.2) is 67.0 Å². The average molecular weight is 582 g/mol. The predicted molar refractivity (Wildman–Crippen MR) is 152 cm³/mol. The molecule has 0 unspecified atom stereocenters. The van der Waals surface area contributed by atoms with Gasteiger partial charge in [-0.1, -0.05) is 24.8 Å². The van der Waals surface area contributed by atoms with Crippen LogP contribution in [0.25, 0.3) is 10.9 Å². The van der Waals surface area contributed by atoms with Crippen molar-refractivity contribution in [3.8, 4) is 11.8 Å². The molecular formula is C27H29FN7O5P. The van der Waals surface area contributed by atoms with Gasteiger partial charge in [-0.05, 0) is 42.9 Å². The van der Waals surface area contributed by atoms with Crippen molar-refractivity contribution in [3.05, 3.63) is 71.9 Å². The molecule has 5 N–H and O–H groups in total. The van der Waals surface area contributed by atoms with Crippen molar-refractivity contribution >= 4 is 42.0 Å². The smallest absolute Gasteiger partial charge is 0.326 e. The summed E-state index contributed by atoms with van der Waals surface area (Å²) in [5, 5.41) is 13.6. The topological polar surface area (TPSA) is 166 Å². The van der Waals surface area contributed by atoms with Crippen LogP contribution in [0, 0.1) is 17.7 Å². The van der Waals surface area contributed by atoms with Crippen molar-refractivity contribution in [1.82, 2.24) is 25.1 Å². The SMILES string of the molecule is CCN(CCC#Cc1ccc2c(Nc3cc(CC(=O)Nc4cccc(F)c4)[nH]n3)ncnc2c1)CCOP(=O)(O)O. The van der Waals surface area contributed by atoms with Crippen LogP contribution in [0.2, 0.25) is 0 Å². The highest BCUT2D eigenvalue weighted by Gasteiger charge is 2.14. The summed E-state index contributed by atoms with van der Waals surface area (Å²) in [5.74, 6) is 6.49. The number of fused-ring (bicyclic) bond motifs is 1. The minimum Gasteiger partial charge on any atom is -0.326 e. The highest BCUT2D eigenvalue weighted by Crippen LogP contribution is 2.35. The minimum atomic E-state index is -4.46. The molecule has 1 amide bonds. The zero-order valence-corrected chi connectivity index (χ0v) is 23.1. The lowest BCUT2D eigenvalue weighted by Crippen LogP contribution is -2.28. The molecule has 0 bridgehead atoms. The fourth-order valence-corrected chi connectivity index (χ4v) is 4.23. The molecule has 2 heterocycles. The van der Waals surface area contributed by atoms with E-state index >= 15 is 0 Å². The average Bonchev–Trinajstić information content (AvgIpc) is 3.35. The number of hydrogen-bond acceptors (Lipinski definition) is 8. The monoisotopic (exact) mass is 581 g/mol. The van der Waals surface area contributed by atoms with E-state index in [1.54, 1.807) is 12.1 Å². The molecule has 4 rings (SSSR count). The Balaban J connectivity index is 1.33. The normalized spacial score (nSPS) is 11.3. The maximum atomic E-state index is 13.3. The lowest BCUT2D eigenvalue weighted by Gasteiger charge is -2.18. The highest BCUT2D eigenvalue weighted by molar-refractivity contribution is 7.46. The molecule has 14 heteroatoms. The number of phosphoric acid groups is 1. The Labute approximate surface area is 235 Å². The maximum Gasteiger partial charge on any atom is 0.469 e. The molecule has 0 atom stereocenters. The van der Waals surface area contributed by atoms with E-state index in [-0.39, 0.29) is 18.9 Å². The second-order valence-electron chi connectivity index (χ2n) is 8.90. The fraction of sp³-hybridized carbons (Fsp3) is 0.259. The van der Waals surface area contributed by atoms with E-state index in [1.165, 1.54) is 24.5 Å². The number of H-pyrrole nitrogens is 1. The number of rotatable bonds is 12. The van der Waals surface area contributed by atoms with Crippen molar-refractivity contribution in [1.29, 1.82) is 0 Å². The van der Waals surface area contributed by atoms with Crippen LogP contribution in [0.3, 0.4) is 0 Å². The second kappa shape index (κ2) is 13.9. The molecule has 2 aromatic carbocycles. The predicted octanol–water partition coefficient (Wildman–Crippen LogP) is 3.59. The lowest BCUT2D eigenvalue weighted by molar-refractivity contribution is -0.115. The number of carbonyl (C=O) groups excluding carboxylic acids is 1. The first-order valence-corrected chi connectivity index (χ1v) is 14.2. The highest BCUT2D eigenvalue weighted by atomic mass is 31.2. The van der Waals surface area contributed by atoms with E-state index in [1.807, 2.05) is 30.0 Å². The number of amides is 1. The number of nitrogens with one attached hydrogen (secondary N) is 3. The van der Waals surface area contributed by atoms with Crippen LogP contribution in [0.15, 0.2) is 54.9 Å². The zero-order chi connectivity index (χ0) is 29.2. The summed E-state index contributed by atoms with van der Waals surface area (Å²) in [4.78, 5) is 40.6. The Morgan fingerprint density at radius 2 is 2.02 bits per heavy atom. The number of benzene rings is 2. The van der Waals surface area contributed by atoms with E-state index in [9.17, 15) is 13.8 Å². The largest absolute Gasteiger partial charge is 0.469 e. The Morgan fingerprint density at radius 1 is 1.17 bits per heavy atom. The van der Waals surface area contributed by atoms with E-state index in [2.05, 4.69) is 47.2 Å². The molecule has 0 aliphatic rings. The Kier molecular flexibility index (Phi) is 10.1. The summed E-state index contributed by atoms with van der Waals surface area (Å²) in [7, 11) is -4.46. The number of aromatic amines is 1. The first-order valence-electron chi connectivity index (χ1n) is 12.7. The van der Waals surface area contributed by atoms with Crippen LogP contribution in [-0.2, 0) is 20.3 Å². The van der Waals surface area contributed by atoms with Gasteiger partial charge in [0.25, 0.3) is 0 Å². The van der Waals surface area contributed by atoms with E-state index < -0.39 is 13.6 Å². The van der Waals surface area contributed by atoms with Gasteiger partial charge in [0.05, 0.1) is 18.5 Å². The summed E-state index contributed by atoms with van der Waals surface area (Å²) < 4.78 is 28.7. The van der Waals surface area contributed by atoms with E-state index in [4.69, 9.17) is 9.79 Å². The van der Waals surface area contributed by atoms with Crippen LogP contribution >= 0.6 is 7.82 Å². The molecule has 4 aromatic rings. The van der Waals surface area contributed by atoms with Gasteiger partial charge in [-0.3, -0.25) is 14.4 Å². The van der Waals surface area contributed by atoms with E-state index in [0.717, 1.165) is 10.9 Å². The first-order chi connectivity index (χ1) is 19.7. The van der Waals surface area contributed by atoms with Crippen molar-refractivity contribution in [2.75, 3.05) is 36.9 Å². The molecule has 0 spiro atoms. The third-order valence-electron chi connectivity index (χ3n) is 5.87. The van der Waals surface area contributed by atoms with Gasteiger partial charge in [-0.25, -0.2) is 18.9 Å². The van der Waals surface area contributed by atoms with Gasteiger partial charge in [0.1, 0.15) is 18.0 Å². The molecule has 0 radical (unpaired) electrons. The molecule has 2 aromatic heterocycles. The summed E-state index contributed by atoms with van der Waals surface area (Å²) in [5.41, 5.74) is 2.40. The van der Waals surface area contributed by atoms with Gasteiger partial charge in [-0.2, -0.15) is 5.10 Å². The number of anilines is 3. The number of nitrogens with zero attached hydrogens (tertiary/aromatic N) is 4. The number of halogens is 1. The van der Waals surface area contributed by atoms with Gasteiger partial charge < -0.3 is 25.3 Å². The molecular weight excluding hydrogens is 552 g/mol. The van der Waals surface area contributed by atoms with Crippen molar-refractivity contribution in [2.45, 2.75) is 19.8 Å². The number of phosphoric ester groups is 1. The van der Waals surface area contributed by atoms with Gasteiger partial charge in [-0.15, -0.1) is 0 Å². The zero-order valence-electron chi connectivity index (χ0n) is 22.2. The summed E-state index contributed by atoms with van der Waals surface area (Å²) in [6.07, 6.45) is 2.02.